The first-order chi connectivity index (χ1) is 10.7. The zero-order chi connectivity index (χ0) is 15.5. The van der Waals surface area contributed by atoms with Crippen molar-refractivity contribution in [2.24, 2.45) is 5.84 Å². The molecule has 0 atom stereocenters. The molecule has 1 heterocycles. The topological polar surface area (TPSA) is 63.8 Å². The third-order valence-corrected chi connectivity index (χ3v) is 3.52. The lowest BCUT2D eigenvalue weighted by atomic mass is 10.1. The van der Waals surface area contributed by atoms with Crippen molar-refractivity contribution in [2.45, 2.75) is 13.8 Å². The van der Waals surface area contributed by atoms with Crippen LogP contribution in [0, 0.1) is 13.8 Å². The fourth-order valence-corrected chi connectivity index (χ4v) is 2.34. The molecule has 0 saturated carbocycles. The van der Waals surface area contributed by atoms with E-state index in [1.54, 1.807) is 0 Å². The summed E-state index contributed by atoms with van der Waals surface area (Å²) in [5, 5.41) is 0. The third-order valence-electron chi connectivity index (χ3n) is 3.52. The minimum absolute atomic E-state index is 0.412. The van der Waals surface area contributed by atoms with Gasteiger partial charge in [0.2, 0.25) is 5.95 Å². The number of benzene rings is 2. The lowest BCUT2D eigenvalue weighted by Gasteiger charge is -2.09. The number of hydrazine groups is 1. The summed E-state index contributed by atoms with van der Waals surface area (Å²) in [5.74, 6) is 5.93. The molecule has 0 aliphatic carbocycles. The van der Waals surface area contributed by atoms with Crippen LogP contribution in [0.15, 0.2) is 54.6 Å². The number of hydrogen-bond acceptors (Lipinski definition) is 4. The molecule has 0 amide bonds. The summed E-state index contributed by atoms with van der Waals surface area (Å²) in [7, 11) is 0. The van der Waals surface area contributed by atoms with Crippen LogP contribution in [0.3, 0.4) is 0 Å². The quantitative estimate of drug-likeness (QED) is 0.570. The molecule has 0 aliphatic heterocycles. The largest absolute Gasteiger partial charge is 0.292 e. The summed E-state index contributed by atoms with van der Waals surface area (Å²) in [6, 6.07) is 18.5. The van der Waals surface area contributed by atoms with Gasteiger partial charge < -0.3 is 0 Å². The molecule has 4 nitrogen and oxygen atoms in total. The van der Waals surface area contributed by atoms with Crippen LogP contribution in [-0.4, -0.2) is 9.97 Å². The molecule has 2 aromatic carbocycles. The zero-order valence-corrected chi connectivity index (χ0v) is 12.7. The predicted molar refractivity (Wildman–Crippen MR) is 90.2 cm³/mol. The highest BCUT2D eigenvalue weighted by Crippen LogP contribution is 2.25. The Kier molecular flexibility index (Phi) is 3.85. The van der Waals surface area contributed by atoms with Crippen LogP contribution in [0.1, 0.15) is 11.1 Å². The van der Waals surface area contributed by atoms with E-state index in [0.717, 1.165) is 22.5 Å². The van der Waals surface area contributed by atoms with Crippen LogP contribution < -0.4 is 11.3 Å². The highest BCUT2D eigenvalue weighted by molar-refractivity contribution is 5.69. The molecule has 0 unspecified atom stereocenters. The molecule has 1 aromatic heterocycles. The third kappa shape index (κ3) is 2.97. The summed E-state index contributed by atoms with van der Waals surface area (Å²) >= 11 is 0. The first-order valence-electron chi connectivity index (χ1n) is 7.15. The summed E-state index contributed by atoms with van der Waals surface area (Å²) in [4.78, 5) is 8.91. The maximum Gasteiger partial charge on any atom is 0.238 e. The van der Waals surface area contributed by atoms with E-state index in [0.29, 0.717) is 5.95 Å². The Morgan fingerprint density at radius 3 is 2.09 bits per heavy atom. The van der Waals surface area contributed by atoms with Gasteiger partial charge in [-0.25, -0.2) is 15.8 Å². The fraction of sp³-hybridized carbons (Fsp3) is 0.111. The van der Waals surface area contributed by atoms with E-state index >= 15 is 0 Å². The maximum absolute atomic E-state index is 5.52. The molecule has 110 valence electrons. The van der Waals surface area contributed by atoms with Gasteiger partial charge in [-0.1, -0.05) is 53.6 Å². The van der Waals surface area contributed by atoms with Crippen molar-refractivity contribution in [1.82, 2.24) is 9.97 Å². The Morgan fingerprint density at radius 2 is 1.45 bits per heavy atom. The van der Waals surface area contributed by atoms with Crippen molar-refractivity contribution < 1.29 is 0 Å². The summed E-state index contributed by atoms with van der Waals surface area (Å²) in [6.07, 6.45) is 0. The maximum atomic E-state index is 5.52. The van der Waals surface area contributed by atoms with E-state index in [9.17, 15) is 0 Å². The number of nitrogens with two attached hydrogens (primary N) is 1. The second kappa shape index (κ2) is 5.95. The van der Waals surface area contributed by atoms with Gasteiger partial charge in [-0.15, -0.1) is 0 Å². The summed E-state index contributed by atoms with van der Waals surface area (Å²) in [5.41, 5.74) is 8.74. The Bertz CT molecular complexity index is 794. The highest BCUT2D eigenvalue weighted by atomic mass is 15.3. The van der Waals surface area contributed by atoms with Gasteiger partial charge in [0.15, 0.2) is 0 Å². The highest BCUT2D eigenvalue weighted by Gasteiger charge is 2.08. The molecule has 0 spiro atoms. The number of anilines is 1. The molecule has 22 heavy (non-hydrogen) atoms. The molecule has 0 fully saturated rings. The molecule has 4 heteroatoms. The van der Waals surface area contributed by atoms with Gasteiger partial charge in [0, 0.05) is 11.1 Å². The van der Waals surface area contributed by atoms with Crippen LogP contribution in [0.4, 0.5) is 5.95 Å². The first kappa shape index (κ1) is 14.2. The second-order valence-electron chi connectivity index (χ2n) is 5.34. The Balaban J connectivity index is 2.12. The normalized spacial score (nSPS) is 10.5. The van der Waals surface area contributed by atoms with Gasteiger partial charge in [-0.2, -0.15) is 0 Å². The molecular weight excluding hydrogens is 272 g/mol. The molecular formula is C18H18N4. The average Bonchev–Trinajstić information content (AvgIpc) is 2.55. The molecule has 0 aliphatic rings. The number of hydrogen-bond donors (Lipinski definition) is 2. The van der Waals surface area contributed by atoms with Gasteiger partial charge in [0.1, 0.15) is 0 Å². The Morgan fingerprint density at radius 1 is 0.773 bits per heavy atom. The van der Waals surface area contributed by atoms with Gasteiger partial charge in [0.05, 0.1) is 11.4 Å². The van der Waals surface area contributed by atoms with E-state index in [1.165, 1.54) is 11.1 Å². The van der Waals surface area contributed by atoms with E-state index in [4.69, 9.17) is 5.84 Å². The number of nitrogens with one attached hydrogen (secondary N) is 1. The number of nitrogen functional groups attached to an aromatic ring is 1. The molecule has 0 bridgehead atoms. The lowest BCUT2D eigenvalue weighted by molar-refractivity contribution is 1.12. The second-order valence-corrected chi connectivity index (χ2v) is 5.34. The first-order valence-corrected chi connectivity index (χ1v) is 7.15. The smallest absolute Gasteiger partial charge is 0.238 e. The van der Waals surface area contributed by atoms with Gasteiger partial charge in [-0.3, -0.25) is 5.43 Å². The van der Waals surface area contributed by atoms with Crippen molar-refractivity contribution in [3.8, 4) is 22.5 Å². The molecule has 3 rings (SSSR count). The average molecular weight is 290 g/mol. The van der Waals surface area contributed by atoms with E-state index in [1.807, 2.05) is 18.2 Å². The molecule has 0 radical (unpaired) electrons. The van der Waals surface area contributed by atoms with Crippen LogP contribution in [0.25, 0.3) is 22.5 Å². The Hall–Kier alpha value is -2.72. The fourth-order valence-electron chi connectivity index (χ4n) is 2.34. The number of rotatable bonds is 3. The van der Waals surface area contributed by atoms with Crippen molar-refractivity contribution in [2.75, 3.05) is 5.43 Å². The summed E-state index contributed by atoms with van der Waals surface area (Å²) < 4.78 is 0. The van der Waals surface area contributed by atoms with Gasteiger partial charge >= 0.3 is 0 Å². The van der Waals surface area contributed by atoms with Crippen molar-refractivity contribution >= 4 is 5.95 Å². The van der Waals surface area contributed by atoms with Crippen LogP contribution in [-0.2, 0) is 0 Å². The molecule has 3 N–H and O–H groups in total. The zero-order valence-electron chi connectivity index (χ0n) is 12.7. The van der Waals surface area contributed by atoms with Crippen molar-refractivity contribution in [3.05, 3.63) is 65.7 Å². The van der Waals surface area contributed by atoms with Crippen molar-refractivity contribution in [3.63, 3.8) is 0 Å². The molecule has 0 saturated heterocycles. The minimum Gasteiger partial charge on any atom is -0.292 e. The van der Waals surface area contributed by atoms with Crippen molar-refractivity contribution in [1.29, 1.82) is 0 Å². The van der Waals surface area contributed by atoms with E-state index in [2.05, 4.69) is 65.6 Å². The molecule has 3 aromatic rings. The minimum atomic E-state index is 0.412. The van der Waals surface area contributed by atoms with Gasteiger partial charge in [0.25, 0.3) is 0 Å². The number of aromatic nitrogens is 2. The lowest BCUT2D eigenvalue weighted by Crippen LogP contribution is -2.11. The monoisotopic (exact) mass is 290 g/mol. The van der Waals surface area contributed by atoms with Gasteiger partial charge in [-0.05, 0) is 26.0 Å². The SMILES string of the molecule is Cc1ccc(-c2cc(-c3cccc(C)c3)nc(NN)n2)cc1. The number of nitrogens with zero attached hydrogens (tertiary/aromatic N) is 2. The Labute approximate surface area is 130 Å². The van der Waals surface area contributed by atoms with Crippen LogP contribution >= 0.6 is 0 Å². The predicted octanol–water partition coefficient (Wildman–Crippen LogP) is 3.71. The summed E-state index contributed by atoms with van der Waals surface area (Å²) in [6.45, 7) is 4.13. The standard InChI is InChI=1S/C18H18N4/c1-12-6-8-14(9-7-12)16-11-17(21-18(20-16)22-19)15-5-3-4-13(2)10-15/h3-11H,19H2,1-2H3,(H,20,21,22). The van der Waals surface area contributed by atoms with Crippen LogP contribution in [0.5, 0.6) is 0 Å². The number of aryl methyl sites for hydroxylation is 2. The van der Waals surface area contributed by atoms with E-state index < -0.39 is 0 Å². The van der Waals surface area contributed by atoms with Crippen LogP contribution in [0.2, 0.25) is 0 Å². The van der Waals surface area contributed by atoms with E-state index in [-0.39, 0.29) is 0 Å².